The Balaban J connectivity index is 1.52. The summed E-state index contributed by atoms with van der Waals surface area (Å²) in [5.74, 6) is -0.495. The van der Waals surface area contributed by atoms with Gasteiger partial charge in [0.05, 0.1) is 30.3 Å². The summed E-state index contributed by atoms with van der Waals surface area (Å²) in [6.07, 6.45) is 3.52. The normalized spacial score (nSPS) is 21.1. The first-order valence-electron chi connectivity index (χ1n) is 9.62. The molecule has 2 atom stereocenters. The predicted octanol–water partition coefficient (Wildman–Crippen LogP) is 4.28. The maximum atomic E-state index is 12.7. The number of hydrogen-bond donors (Lipinski definition) is 1. The standard InChI is InChI=1S/C22H21ClN2O4/c1-29-19-11-8-14(23)12-18(19)24-20(26)13-6-9-15(10-7-13)25-21(27)16-4-2-3-5-17(16)22(25)28/h6-12,16-17H,2-5H2,1H3,(H,24,26)/t16-,17-/m1/s1. The van der Waals surface area contributed by atoms with Gasteiger partial charge in [0, 0.05) is 10.6 Å². The van der Waals surface area contributed by atoms with E-state index >= 15 is 0 Å². The monoisotopic (exact) mass is 412 g/mol. The van der Waals surface area contributed by atoms with Crippen LogP contribution in [0.3, 0.4) is 0 Å². The molecule has 150 valence electrons. The average Bonchev–Trinajstić information content (AvgIpc) is 2.99. The Bertz CT molecular complexity index is 949. The third-order valence-electron chi connectivity index (χ3n) is 5.64. The van der Waals surface area contributed by atoms with Gasteiger partial charge in [-0.1, -0.05) is 24.4 Å². The van der Waals surface area contributed by atoms with Crippen molar-refractivity contribution in [2.45, 2.75) is 25.7 Å². The third-order valence-corrected chi connectivity index (χ3v) is 5.87. The van der Waals surface area contributed by atoms with E-state index in [9.17, 15) is 14.4 Å². The van der Waals surface area contributed by atoms with Gasteiger partial charge < -0.3 is 10.1 Å². The molecule has 3 amide bonds. The molecule has 2 aromatic carbocycles. The summed E-state index contributed by atoms with van der Waals surface area (Å²) in [4.78, 5) is 39.3. The summed E-state index contributed by atoms with van der Waals surface area (Å²) in [6.45, 7) is 0. The minimum Gasteiger partial charge on any atom is -0.495 e. The fourth-order valence-electron chi connectivity index (χ4n) is 4.15. The van der Waals surface area contributed by atoms with E-state index in [-0.39, 0.29) is 29.6 Å². The van der Waals surface area contributed by atoms with Crippen LogP contribution in [0, 0.1) is 11.8 Å². The van der Waals surface area contributed by atoms with Crippen molar-refractivity contribution in [1.82, 2.24) is 0 Å². The Hall–Kier alpha value is -2.86. The number of fused-ring (bicyclic) bond motifs is 1. The second-order valence-electron chi connectivity index (χ2n) is 7.35. The molecule has 0 spiro atoms. The SMILES string of the molecule is COc1ccc(Cl)cc1NC(=O)c1ccc(N2C(=O)[C@@H]3CCCC[C@H]3C2=O)cc1. The molecule has 2 fully saturated rings. The van der Waals surface area contributed by atoms with Crippen LogP contribution >= 0.6 is 11.6 Å². The van der Waals surface area contributed by atoms with Gasteiger partial charge in [0.1, 0.15) is 5.75 Å². The Morgan fingerprint density at radius 3 is 2.24 bits per heavy atom. The molecule has 1 aliphatic carbocycles. The number of carbonyl (C=O) groups is 3. The van der Waals surface area contributed by atoms with Crippen LogP contribution in [0.15, 0.2) is 42.5 Å². The maximum Gasteiger partial charge on any atom is 0.255 e. The molecule has 7 heteroatoms. The zero-order chi connectivity index (χ0) is 20.5. The Morgan fingerprint density at radius 1 is 1.03 bits per heavy atom. The fourth-order valence-corrected chi connectivity index (χ4v) is 4.32. The minimum absolute atomic E-state index is 0.124. The van der Waals surface area contributed by atoms with Crippen molar-refractivity contribution in [3.05, 3.63) is 53.1 Å². The van der Waals surface area contributed by atoms with Gasteiger partial charge in [-0.15, -0.1) is 0 Å². The molecular weight excluding hydrogens is 392 g/mol. The van der Waals surface area contributed by atoms with Crippen LogP contribution in [-0.4, -0.2) is 24.8 Å². The number of benzene rings is 2. The van der Waals surface area contributed by atoms with E-state index in [1.807, 2.05) is 0 Å². The molecule has 6 nitrogen and oxygen atoms in total. The smallest absolute Gasteiger partial charge is 0.255 e. The van der Waals surface area contributed by atoms with Crippen LogP contribution in [0.1, 0.15) is 36.0 Å². The van der Waals surface area contributed by atoms with Crippen LogP contribution in [0.4, 0.5) is 11.4 Å². The van der Waals surface area contributed by atoms with Crippen molar-refractivity contribution in [2.75, 3.05) is 17.3 Å². The van der Waals surface area contributed by atoms with E-state index < -0.39 is 0 Å². The molecule has 1 heterocycles. The lowest BCUT2D eigenvalue weighted by molar-refractivity contribution is -0.122. The van der Waals surface area contributed by atoms with Crippen molar-refractivity contribution in [3.63, 3.8) is 0 Å². The number of carbonyl (C=O) groups excluding carboxylic acids is 3. The predicted molar refractivity (Wildman–Crippen MR) is 110 cm³/mol. The highest BCUT2D eigenvalue weighted by Gasteiger charge is 2.48. The first-order chi connectivity index (χ1) is 14.0. The van der Waals surface area contributed by atoms with Crippen LogP contribution in [-0.2, 0) is 9.59 Å². The Morgan fingerprint density at radius 2 is 1.66 bits per heavy atom. The molecule has 2 aromatic rings. The lowest BCUT2D eigenvalue weighted by Gasteiger charge is -2.19. The lowest BCUT2D eigenvalue weighted by atomic mass is 9.81. The van der Waals surface area contributed by atoms with Gasteiger partial charge in [-0.2, -0.15) is 0 Å². The molecule has 0 radical (unpaired) electrons. The molecule has 1 aliphatic heterocycles. The van der Waals surface area contributed by atoms with Gasteiger partial charge >= 0.3 is 0 Å². The number of amides is 3. The summed E-state index contributed by atoms with van der Waals surface area (Å²) in [7, 11) is 1.51. The molecule has 1 N–H and O–H groups in total. The van der Waals surface area contributed by atoms with E-state index in [4.69, 9.17) is 16.3 Å². The van der Waals surface area contributed by atoms with Crippen LogP contribution in [0.2, 0.25) is 5.02 Å². The van der Waals surface area contributed by atoms with E-state index in [0.29, 0.717) is 27.7 Å². The molecular formula is C22H21ClN2O4. The van der Waals surface area contributed by atoms with Crippen LogP contribution in [0.5, 0.6) is 5.75 Å². The zero-order valence-corrected chi connectivity index (χ0v) is 16.7. The van der Waals surface area contributed by atoms with E-state index in [1.165, 1.54) is 12.0 Å². The number of nitrogens with one attached hydrogen (secondary N) is 1. The zero-order valence-electron chi connectivity index (χ0n) is 16.0. The average molecular weight is 413 g/mol. The van der Waals surface area contributed by atoms with Gasteiger partial charge in [-0.3, -0.25) is 19.3 Å². The number of imide groups is 1. The summed E-state index contributed by atoms with van der Waals surface area (Å²) in [5.41, 5.74) is 1.36. The van der Waals surface area contributed by atoms with Gasteiger partial charge in [0.15, 0.2) is 0 Å². The van der Waals surface area contributed by atoms with Crippen LogP contribution in [0.25, 0.3) is 0 Å². The highest BCUT2D eigenvalue weighted by atomic mass is 35.5. The number of anilines is 2. The Kier molecular flexibility index (Phi) is 5.28. The number of halogens is 1. The molecule has 1 saturated carbocycles. The highest BCUT2D eigenvalue weighted by Crippen LogP contribution is 2.40. The molecule has 0 aromatic heterocycles. The minimum atomic E-state index is -0.343. The van der Waals surface area contributed by atoms with Gasteiger partial charge in [-0.25, -0.2) is 0 Å². The summed E-state index contributed by atoms with van der Waals surface area (Å²) in [6, 6.07) is 11.4. The number of ether oxygens (including phenoxy) is 1. The molecule has 29 heavy (non-hydrogen) atoms. The summed E-state index contributed by atoms with van der Waals surface area (Å²) in [5, 5.41) is 3.25. The van der Waals surface area contributed by atoms with Crippen molar-refractivity contribution < 1.29 is 19.1 Å². The van der Waals surface area contributed by atoms with Gasteiger partial charge in [-0.05, 0) is 55.3 Å². The fraction of sp³-hybridized carbons (Fsp3) is 0.318. The van der Waals surface area contributed by atoms with Crippen LogP contribution < -0.4 is 15.0 Å². The number of methoxy groups -OCH3 is 1. The molecule has 2 aliphatic rings. The lowest BCUT2D eigenvalue weighted by Crippen LogP contribution is -2.30. The quantitative estimate of drug-likeness (QED) is 0.760. The largest absolute Gasteiger partial charge is 0.495 e. The topological polar surface area (TPSA) is 75.7 Å². The van der Waals surface area contributed by atoms with Crippen molar-refractivity contribution >= 4 is 40.7 Å². The van der Waals surface area contributed by atoms with Gasteiger partial charge in [0.2, 0.25) is 11.8 Å². The number of nitrogens with zero attached hydrogens (tertiary/aromatic N) is 1. The van der Waals surface area contributed by atoms with Crippen molar-refractivity contribution in [1.29, 1.82) is 0 Å². The van der Waals surface area contributed by atoms with E-state index in [1.54, 1.807) is 42.5 Å². The molecule has 0 bridgehead atoms. The second kappa shape index (κ2) is 7.87. The molecule has 1 saturated heterocycles. The van der Waals surface area contributed by atoms with Crippen molar-refractivity contribution in [3.8, 4) is 5.75 Å². The number of hydrogen-bond acceptors (Lipinski definition) is 4. The second-order valence-corrected chi connectivity index (χ2v) is 7.79. The Labute approximate surface area is 173 Å². The summed E-state index contributed by atoms with van der Waals surface area (Å²) >= 11 is 6.00. The maximum absolute atomic E-state index is 12.7. The van der Waals surface area contributed by atoms with E-state index in [2.05, 4.69) is 5.32 Å². The van der Waals surface area contributed by atoms with Crippen molar-refractivity contribution in [2.24, 2.45) is 11.8 Å². The van der Waals surface area contributed by atoms with E-state index in [0.717, 1.165) is 25.7 Å². The number of rotatable bonds is 4. The van der Waals surface area contributed by atoms with Gasteiger partial charge in [0.25, 0.3) is 5.91 Å². The summed E-state index contributed by atoms with van der Waals surface area (Å²) < 4.78 is 5.24. The third kappa shape index (κ3) is 3.60. The first kappa shape index (κ1) is 19.5. The highest BCUT2D eigenvalue weighted by molar-refractivity contribution is 6.31. The molecule has 0 unspecified atom stereocenters. The molecule has 4 rings (SSSR count). The first-order valence-corrected chi connectivity index (χ1v) is 10.00.